The van der Waals surface area contributed by atoms with Gasteiger partial charge in [0.25, 0.3) is 5.91 Å². The molecule has 2 aromatic rings. The van der Waals surface area contributed by atoms with Crippen LogP contribution in [0.3, 0.4) is 0 Å². The number of rotatable bonds is 5. The van der Waals surface area contributed by atoms with E-state index in [2.05, 4.69) is 9.97 Å². The highest BCUT2D eigenvalue weighted by molar-refractivity contribution is 6.28. The summed E-state index contributed by atoms with van der Waals surface area (Å²) in [5.41, 5.74) is 1.68. The molecule has 130 valence electrons. The average molecular weight is 365 g/mol. The molecular formula is C16H14ClFN4O3. The molecule has 0 saturated heterocycles. The van der Waals surface area contributed by atoms with Crippen LogP contribution in [0.5, 0.6) is 0 Å². The zero-order chi connectivity index (χ0) is 18.1. The number of carbonyl (C=O) groups is 1. The number of nitro groups is 1. The van der Waals surface area contributed by atoms with Crippen molar-refractivity contribution in [3.63, 3.8) is 0 Å². The number of alkyl halides is 1. The van der Waals surface area contributed by atoms with E-state index in [9.17, 15) is 19.3 Å². The number of carbonyl (C=O) groups excluding carboxylic acids is 1. The number of amides is 1. The fourth-order valence-electron chi connectivity index (χ4n) is 3.10. The molecule has 1 aromatic heterocycles. The molecule has 9 heteroatoms. The van der Waals surface area contributed by atoms with Crippen LogP contribution in [0.1, 0.15) is 40.1 Å². The summed E-state index contributed by atoms with van der Waals surface area (Å²) in [6, 6.07) is 5.04. The first-order valence-electron chi connectivity index (χ1n) is 7.58. The van der Waals surface area contributed by atoms with Crippen LogP contribution in [0.4, 0.5) is 10.1 Å². The second-order valence-corrected chi connectivity index (χ2v) is 5.99. The van der Waals surface area contributed by atoms with Crippen molar-refractivity contribution in [2.24, 2.45) is 0 Å². The van der Waals surface area contributed by atoms with Crippen LogP contribution in [0, 0.1) is 10.1 Å². The first-order chi connectivity index (χ1) is 11.9. The zero-order valence-electron chi connectivity index (χ0n) is 13.3. The zero-order valence-corrected chi connectivity index (χ0v) is 14.0. The summed E-state index contributed by atoms with van der Waals surface area (Å²) in [6.45, 7) is 1.20. The Morgan fingerprint density at radius 2 is 2.20 bits per heavy atom. The maximum atomic E-state index is 12.7. The van der Waals surface area contributed by atoms with Gasteiger partial charge in [0.2, 0.25) is 5.28 Å². The Balaban J connectivity index is 2.04. The molecule has 2 heterocycles. The molecule has 25 heavy (non-hydrogen) atoms. The topological polar surface area (TPSA) is 89.2 Å². The SMILES string of the molecule is CC1c2cccc(Cc3nc(Cl)ncc3[N+](=O)[O-])c2C(=O)N1CCF. The molecule has 1 unspecified atom stereocenters. The second kappa shape index (κ2) is 6.72. The minimum absolute atomic E-state index is 0.00754. The second-order valence-electron chi connectivity index (χ2n) is 5.65. The monoisotopic (exact) mass is 364 g/mol. The lowest BCUT2D eigenvalue weighted by Crippen LogP contribution is -2.29. The van der Waals surface area contributed by atoms with E-state index in [0.29, 0.717) is 11.1 Å². The third-order valence-electron chi connectivity index (χ3n) is 4.27. The van der Waals surface area contributed by atoms with Crippen molar-refractivity contribution < 1.29 is 14.1 Å². The maximum absolute atomic E-state index is 12.7. The molecule has 0 aliphatic carbocycles. The van der Waals surface area contributed by atoms with Crippen molar-refractivity contribution in [3.05, 3.63) is 62.2 Å². The number of hydrogen-bond donors (Lipinski definition) is 0. The fourth-order valence-corrected chi connectivity index (χ4v) is 3.25. The lowest BCUT2D eigenvalue weighted by atomic mass is 9.97. The summed E-state index contributed by atoms with van der Waals surface area (Å²) in [7, 11) is 0. The summed E-state index contributed by atoms with van der Waals surface area (Å²) in [4.78, 5) is 32.3. The summed E-state index contributed by atoms with van der Waals surface area (Å²) in [6.07, 6.45) is 1.11. The number of aromatic nitrogens is 2. The van der Waals surface area contributed by atoms with Crippen molar-refractivity contribution in [3.8, 4) is 0 Å². The van der Waals surface area contributed by atoms with Gasteiger partial charge in [0.1, 0.15) is 18.6 Å². The van der Waals surface area contributed by atoms with Gasteiger partial charge in [-0.2, -0.15) is 0 Å². The Hall–Kier alpha value is -2.61. The van der Waals surface area contributed by atoms with Gasteiger partial charge < -0.3 is 4.90 Å². The Morgan fingerprint density at radius 3 is 2.88 bits per heavy atom. The molecular weight excluding hydrogens is 351 g/mol. The highest BCUT2D eigenvalue weighted by Crippen LogP contribution is 2.36. The standard InChI is InChI=1S/C16H14ClFN4O3/c1-9-11-4-2-3-10(14(11)15(23)21(9)6-5-18)7-12-13(22(24)25)8-19-16(17)20-12/h2-4,8-9H,5-7H2,1H3. The molecule has 0 bridgehead atoms. The van der Waals surface area contributed by atoms with Crippen molar-refractivity contribution >= 4 is 23.2 Å². The number of benzene rings is 1. The molecule has 1 atom stereocenters. The van der Waals surface area contributed by atoms with E-state index in [-0.39, 0.29) is 41.6 Å². The van der Waals surface area contributed by atoms with E-state index in [0.717, 1.165) is 11.8 Å². The van der Waals surface area contributed by atoms with E-state index < -0.39 is 11.6 Å². The predicted octanol–water partition coefficient (Wildman–Crippen LogP) is 3.12. The first-order valence-corrected chi connectivity index (χ1v) is 7.96. The smallest absolute Gasteiger partial charge is 0.309 e. The van der Waals surface area contributed by atoms with Gasteiger partial charge in [-0.05, 0) is 29.7 Å². The molecule has 0 fully saturated rings. The maximum Gasteiger partial charge on any atom is 0.309 e. The van der Waals surface area contributed by atoms with Gasteiger partial charge in [-0.15, -0.1) is 0 Å². The average Bonchev–Trinajstić information content (AvgIpc) is 2.81. The van der Waals surface area contributed by atoms with Crippen LogP contribution >= 0.6 is 11.6 Å². The third kappa shape index (κ3) is 3.05. The van der Waals surface area contributed by atoms with Crippen LogP contribution in [-0.4, -0.2) is 38.9 Å². The lowest BCUT2D eigenvalue weighted by Gasteiger charge is -2.20. The van der Waals surface area contributed by atoms with Crippen LogP contribution in [0.25, 0.3) is 0 Å². The van der Waals surface area contributed by atoms with Gasteiger partial charge in [-0.25, -0.2) is 14.4 Å². The minimum Gasteiger partial charge on any atom is -0.329 e. The van der Waals surface area contributed by atoms with Crippen molar-refractivity contribution in [2.75, 3.05) is 13.2 Å². The fraction of sp³-hybridized carbons (Fsp3) is 0.312. The number of fused-ring (bicyclic) bond motifs is 1. The van der Waals surface area contributed by atoms with Crippen LogP contribution in [-0.2, 0) is 6.42 Å². The molecule has 7 nitrogen and oxygen atoms in total. The Kier molecular flexibility index (Phi) is 4.63. The number of nitrogens with zero attached hydrogens (tertiary/aromatic N) is 4. The summed E-state index contributed by atoms with van der Waals surface area (Å²) in [5.74, 6) is -0.279. The Morgan fingerprint density at radius 1 is 1.44 bits per heavy atom. The summed E-state index contributed by atoms with van der Waals surface area (Å²) >= 11 is 5.76. The highest BCUT2D eigenvalue weighted by Gasteiger charge is 2.35. The Bertz CT molecular complexity index is 861. The van der Waals surface area contributed by atoms with Crippen molar-refractivity contribution in [1.29, 1.82) is 0 Å². The van der Waals surface area contributed by atoms with E-state index >= 15 is 0 Å². The largest absolute Gasteiger partial charge is 0.329 e. The van der Waals surface area contributed by atoms with Gasteiger partial charge in [-0.1, -0.05) is 18.2 Å². The van der Waals surface area contributed by atoms with E-state index in [1.807, 2.05) is 6.92 Å². The van der Waals surface area contributed by atoms with Crippen LogP contribution < -0.4 is 0 Å². The molecule has 0 radical (unpaired) electrons. The molecule has 1 aliphatic heterocycles. The predicted molar refractivity (Wildman–Crippen MR) is 88.4 cm³/mol. The van der Waals surface area contributed by atoms with E-state index in [1.165, 1.54) is 4.90 Å². The van der Waals surface area contributed by atoms with Gasteiger partial charge in [0.15, 0.2) is 0 Å². The van der Waals surface area contributed by atoms with E-state index in [1.54, 1.807) is 18.2 Å². The molecule has 3 rings (SSSR count). The number of halogens is 2. The Labute approximate surface area is 147 Å². The van der Waals surface area contributed by atoms with Gasteiger partial charge in [0, 0.05) is 18.5 Å². The molecule has 1 amide bonds. The van der Waals surface area contributed by atoms with Gasteiger partial charge in [0.05, 0.1) is 11.0 Å². The summed E-state index contributed by atoms with van der Waals surface area (Å²) in [5, 5.41) is 11.1. The minimum atomic E-state index is -0.633. The van der Waals surface area contributed by atoms with E-state index in [4.69, 9.17) is 11.6 Å². The molecule has 1 aromatic carbocycles. The molecule has 0 N–H and O–H groups in total. The normalized spacial score (nSPS) is 16.2. The molecule has 0 saturated carbocycles. The van der Waals surface area contributed by atoms with Gasteiger partial charge in [-0.3, -0.25) is 14.9 Å². The first kappa shape index (κ1) is 17.2. The summed E-state index contributed by atoms with van der Waals surface area (Å²) < 4.78 is 12.7. The molecule has 1 aliphatic rings. The lowest BCUT2D eigenvalue weighted by molar-refractivity contribution is -0.386. The van der Waals surface area contributed by atoms with Crippen molar-refractivity contribution in [2.45, 2.75) is 19.4 Å². The van der Waals surface area contributed by atoms with Crippen LogP contribution in [0.15, 0.2) is 24.4 Å². The van der Waals surface area contributed by atoms with Crippen molar-refractivity contribution in [1.82, 2.24) is 14.9 Å². The number of hydrogen-bond acceptors (Lipinski definition) is 5. The third-order valence-corrected chi connectivity index (χ3v) is 4.45. The highest BCUT2D eigenvalue weighted by atomic mass is 35.5. The van der Waals surface area contributed by atoms with Crippen LogP contribution in [0.2, 0.25) is 5.28 Å². The molecule has 0 spiro atoms. The quantitative estimate of drug-likeness (QED) is 0.462. The van der Waals surface area contributed by atoms with Gasteiger partial charge >= 0.3 is 5.69 Å².